The number of anilines is 1. The van der Waals surface area contributed by atoms with Crippen molar-refractivity contribution in [3.8, 4) is 11.4 Å². The topological polar surface area (TPSA) is 153 Å². The SMILES string of the molecule is C=C(NOCCCCN(C)C[C@H]1O[C@@H](n2c(-c3ccccc3)nc3c(N)ncnc32)C(O)C1O)OCC. The Labute approximate surface area is 215 Å². The monoisotopic (exact) mass is 513 g/mol. The van der Waals surface area contributed by atoms with Crippen molar-refractivity contribution in [3.63, 3.8) is 0 Å². The first kappa shape index (κ1) is 26.8. The molecule has 200 valence electrons. The number of unbranched alkanes of at least 4 members (excludes halogenated alkanes) is 1. The number of aliphatic hydroxyl groups excluding tert-OH is 2. The molecule has 3 heterocycles. The number of fused-ring (bicyclic) bond motifs is 1. The van der Waals surface area contributed by atoms with Crippen LogP contribution in [-0.2, 0) is 14.3 Å². The van der Waals surface area contributed by atoms with Crippen LogP contribution in [0.5, 0.6) is 0 Å². The van der Waals surface area contributed by atoms with E-state index in [2.05, 4.69) is 31.9 Å². The molecular formula is C25H35N7O5. The van der Waals surface area contributed by atoms with Gasteiger partial charge in [0, 0.05) is 12.1 Å². The third-order valence-electron chi connectivity index (χ3n) is 6.16. The summed E-state index contributed by atoms with van der Waals surface area (Å²) in [6.07, 6.45) is -0.761. The van der Waals surface area contributed by atoms with Gasteiger partial charge in [-0.3, -0.25) is 9.40 Å². The highest BCUT2D eigenvalue weighted by Gasteiger charge is 2.45. The Morgan fingerprint density at radius 2 is 2.00 bits per heavy atom. The van der Waals surface area contributed by atoms with Crippen LogP contribution in [0.3, 0.4) is 0 Å². The van der Waals surface area contributed by atoms with Crippen molar-refractivity contribution in [1.82, 2.24) is 29.9 Å². The number of ether oxygens (including phenoxy) is 2. The molecule has 12 nitrogen and oxygen atoms in total. The average molecular weight is 514 g/mol. The highest BCUT2D eigenvalue weighted by Crippen LogP contribution is 2.36. The molecule has 1 aliphatic rings. The number of nitrogens with one attached hydrogen (secondary N) is 1. The third-order valence-corrected chi connectivity index (χ3v) is 6.16. The maximum atomic E-state index is 11.0. The molecule has 3 aromatic rings. The Hall–Kier alpha value is -3.29. The predicted octanol–water partition coefficient (Wildman–Crippen LogP) is 1.44. The average Bonchev–Trinajstić information content (AvgIpc) is 3.40. The molecule has 1 fully saturated rings. The molecule has 0 radical (unpaired) electrons. The van der Waals surface area contributed by atoms with E-state index in [1.807, 2.05) is 44.3 Å². The van der Waals surface area contributed by atoms with Crippen LogP contribution in [-0.4, -0.2) is 86.3 Å². The number of hydrogen-bond acceptors (Lipinski definition) is 11. The van der Waals surface area contributed by atoms with E-state index in [9.17, 15) is 10.2 Å². The van der Waals surface area contributed by atoms with Crippen molar-refractivity contribution < 1.29 is 24.5 Å². The van der Waals surface area contributed by atoms with Crippen molar-refractivity contribution in [1.29, 1.82) is 0 Å². The Morgan fingerprint density at radius 1 is 1.22 bits per heavy atom. The number of nitrogens with zero attached hydrogens (tertiary/aromatic N) is 5. The summed E-state index contributed by atoms with van der Waals surface area (Å²) in [5.74, 6) is 1.13. The van der Waals surface area contributed by atoms with E-state index in [1.165, 1.54) is 6.33 Å². The number of likely N-dealkylation sites (N-methyl/N-ethyl adjacent to an activating group) is 1. The third kappa shape index (κ3) is 6.17. The second kappa shape index (κ2) is 12.3. The summed E-state index contributed by atoms with van der Waals surface area (Å²) in [5.41, 5.74) is 10.4. The molecule has 0 bridgehead atoms. The zero-order chi connectivity index (χ0) is 26.4. The Kier molecular flexibility index (Phi) is 8.90. The molecule has 12 heteroatoms. The van der Waals surface area contributed by atoms with E-state index >= 15 is 0 Å². The van der Waals surface area contributed by atoms with Crippen molar-refractivity contribution >= 4 is 17.0 Å². The summed E-state index contributed by atoms with van der Waals surface area (Å²) < 4.78 is 13.1. The molecule has 1 aliphatic heterocycles. The van der Waals surface area contributed by atoms with E-state index in [0.29, 0.717) is 42.6 Å². The number of imidazole rings is 1. The molecule has 1 aromatic carbocycles. The summed E-state index contributed by atoms with van der Waals surface area (Å²) in [6.45, 7) is 7.78. The van der Waals surface area contributed by atoms with Gasteiger partial charge in [0.1, 0.15) is 30.5 Å². The van der Waals surface area contributed by atoms with Gasteiger partial charge in [0.15, 0.2) is 23.2 Å². The number of aromatic nitrogens is 4. The summed E-state index contributed by atoms with van der Waals surface area (Å²) in [7, 11) is 1.95. The second-order valence-electron chi connectivity index (χ2n) is 8.92. The Balaban J connectivity index is 1.41. The maximum absolute atomic E-state index is 11.0. The minimum Gasteiger partial charge on any atom is -0.478 e. The van der Waals surface area contributed by atoms with Crippen LogP contribution >= 0.6 is 0 Å². The van der Waals surface area contributed by atoms with Gasteiger partial charge in [0.05, 0.1) is 13.2 Å². The molecule has 0 spiro atoms. The van der Waals surface area contributed by atoms with Crippen LogP contribution in [0.2, 0.25) is 0 Å². The molecule has 1 saturated heterocycles. The molecule has 2 aromatic heterocycles. The molecule has 0 saturated carbocycles. The second-order valence-corrected chi connectivity index (χ2v) is 8.92. The van der Waals surface area contributed by atoms with Gasteiger partial charge in [-0.1, -0.05) is 30.3 Å². The zero-order valence-electron chi connectivity index (χ0n) is 21.2. The van der Waals surface area contributed by atoms with Crippen LogP contribution < -0.4 is 11.2 Å². The summed E-state index contributed by atoms with van der Waals surface area (Å²) >= 11 is 0. The minimum atomic E-state index is -1.19. The van der Waals surface area contributed by atoms with Crippen LogP contribution in [0, 0.1) is 0 Å². The van der Waals surface area contributed by atoms with Gasteiger partial charge in [0.25, 0.3) is 0 Å². The van der Waals surface area contributed by atoms with Gasteiger partial charge in [-0.2, -0.15) is 0 Å². The predicted molar refractivity (Wildman–Crippen MR) is 138 cm³/mol. The zero-order valence-corrected chi connectivity index (χ0v) is 21.2. The molecular weight excluding hydrogens is 478 g/mol. The van der Waals surface area contributed by atoms with E-state index in [1.54, 1.807) is 4.57 Å². The first-order valence-electron chi connectivity index (χ1n) is 12.3. The molecule has 0 amide bonds. The van der Waals surface area contributed by atoms with Crippen LogP contribution in [0.25, 0.3) is 22.6 Å². The Morgan fingerprint density at radius 3 is 2.76 bits per heavy atom. The first-order chi connectivity index (χ1) is 17.9. The fraction of sp³-hybridized carbons (Fsp3) is 0.480. The number of benzene rings is 1. The molecule has 4 atom stereocenters. The largest absolute Gasteiger partial charge is 0.478 e. The van der Waals surface area contributed by atoms with E-state index < -0.39 is 24.5 Å². The van der Waals surface area contributed by atoms with E-state index in [-0.39, 0.29) is 5.82 Å². The standard InChI is InChI=1S/C25H35N7O5/c1-4-35-16(2)30-36-13-9-8-12-31(3)14-18-20(33)21(34)25(37-18)32-23(17-10-6-5-7-11-17)29-19-22(26)27-15-28-24(19)32/h5-7,10-11,15,18,20-21,25,30,33-34H,2,4,8-9,12-14H2,1,3H3,(H2,26,27,28)/t18-,20?,21?,25-/m1/s1. The number of rotatable bonds is 13. The van der Waals surface area contributed by atoms with Gasteiger partial charge in [-0.15, -0.1) is 0 Å². The lowest BCUT2D eigenvalue weighted by Crippen LogP contribution is -2.38. The maximum Gasteiger partial charge on any atom is 0.203 e. The number of aliphatic hydroxyl groups is 2. The smallest absolute Gasteiger partial charge is 0.203 e. The highest BCUT2D eigenvalue weighted by atomic mass is 16.7. The summed E-state index contributed by atoms with van der Waals surface area (Å²) in [4.78, 5) is 20.4. The molecule has 5 N–H and O–H groups in total. The van der Waals surface area contributed by atoms with E-state index in [0.717, 1.165) is 24.9 Å². The fourth-order valence-electron chi connectivity index (χ4n) is 4.34. The first-order valence-corrected chi connectivity index (χ1v) is 12.3. The number of hydrogen-bond donors (Lipinski definition) is 4. The van der Waals surface area contributed by atoms with Crippen LogP contribution in [0.4, 0.5) is 5.82 Å². The fourth-order valence-corrected chi connectivity index (χ4v) is 4.34. The van der Waals surface area contributed by atoms with Gasteiger partial charge >= 0.3 is 0 Å². The number of hydroxylamine groups is 1. The van der Waals surface area contributed by atoms with Crippen LogP contribution in [0.15, 0.2) is 49.1 Å². The molecule has 4 rings (SSSR count). The lowest BCUT2D eigenvalue weighted by atomic mass is 10.1. The van der Waals surface area contributed by atoms with Crippen molar-refractivity contribution in [2.75, 3.05) is 39.1 Å². The quantitative estimate of drug-likeness (QED) is 0.149. The molecule has 37 heavy (non-hydrogen) atoms. The molecule has 0 aliphatic carbocycles. The number of nitrogens with two attached hydrogens (primary N) is 1. The van der Waals surface area contributed by atoms with E-state index in [4.69, 9.17) is 20.0 Å². The van der Waals surface area contributed by atoms with Gasteiger partial charge in [-0.25, -0.2) is 20.4 Å². The van der Waals surface area contributed by atoms with Gasteiger partial charge in [-0.05, 0) is 39.9 Å². The normalized spacial score (nSPS) is 21.5. The van der Waals surface area contributed by atoms with Gasteiger partial charge < -0.3 is 30.3 Å². The molecule has 2 unspecified atom stereocenters. The lowest BCUT2D eigenvalue weighted by molar-refractivity contribution is -0.0415. The number of nitrogen functional groups attached to an aromatic ring is 1. The summed E-state index contributed by atoms with van der Waals surface area (Å²) in [6, 6.07) is 9.49. The van der Waals surface area contributed by atoms with Crippen molar-refractivity contribution in [3.05, 3.63) is 49.1 Å². The highest BCUT2D eigenvalue weighted by molar-refractivity contribution is 5.85. The minimum absolute atomic E-state index is 0.228. The summed E-state index contributed by atoms with van der Waals surface area (Å²) in [5, 5.41) is 21.9. The van der Waals surface area contributed by atoms with Gasteiger partial charge in [0.2, 0.25) is 5.88 Å². The van der Waals surface area contributed by atoms with Crippen molar-refractivity contribution in [2.45, 2.75) is 44.3 Å². The lowest BCUT2D eigenvalue weighted by Gasteiger charge is -2.23. The Bertz CT molecular complexity index is 1170. The van der Waals surface area contributed by atoms with Crippen LogP contribution in [0.1, 0.15) is 26.0 Å². The van der Waals surface area contributed by atoms with Crippen molar-refractivity contribution in [2.24, 2.45) is 0 Å².